The number of hydrogen-bond donors (Lipinski definition) is 1. The normalized spacial score (nSPS) is 26.0. The van der Waals surface area contributed by atoms with E-state index in [2.05, 4.69) is 15.6 Å². The average Bonchev–Trinajstić information content (AvgIpc) is 2.53. The SMILES string of the molecule is O=C1NCCN1N1CC[N]CC1. The Kier molecular flexibility index (Phi) is 2.14. The minimum atomic E-state index is 0.0388. The van der Waals surface area contributed by atoms with Gasteiger partial charge in [0.2, 0.25) is 0 Å². The van der Waals surface area contributed by atoms with Crippen molar-refractivity contribution in [3.63, 3.8) is 0 Å². The molecular formula is C7H13N4O. The fraction of sp³-hybridized carbons (Fsp3) is 0.857. The largest absolute Gasteiger partial charge is 0.335 e. The van der Waals surface area contributed by atoms with Crippen molar-refractivity contribution in [2.24, 2.45) is 0 Å². The molecule has 0 aromatic heterocycles. The van der Waals surface area contributed by atoms with E-state index in [4.69, 9.17) is 0 Å². The number of nitrogens with zero attached hydrogens (tertiary/aromatic N) is 3. The number of carbonyl (C=O) groups is 1. The summed E-state index contributed by atoms with van der Waals surface area (Å²) in [5, 5.41) is 10.9. The molecule has 5 heteroatoms. The van der Waals surface area contributed by atoms with Crippen LogP contribution in [0.15, 0.2) is 0 Å². The van der Waals surface area contributed by atoms with Gasteiger partial charge >= 0.3 is 6.03 Å². The molecule has 0 aliphatic carbocycles. The van der Waals surface area contributed by atoms with Crippen LogP contribution in [0.2, 0.25) is 0 Å². The molecule has 2 saturated heterocycles. The van der Waals surface area contributed by atoms with Crippen LogP contribution >= 0.6 is 0 Å². The highest BCUT2D eigenvalue weighted by Crippen LogP contribution is 2.04. The van der Waals surface area contributed by atoms with Gasteiger partial charge in [-0.15, -0.1) is 0 Å². The smallest absolute Gasteiger partial charge is 0.332 e. The first-order chi connectivity index (χ1) is 5.88. The highest BCUT2D eigenvalue weighted by atomic mass is 16.2. The Morgan fingerprint density at radius 2 is 2.00 bits per heavy atom. The standard InChI is InChI=1S/C7H13N4O/c12-7-9-3-6-11(7)10-4-1-8-2-5-10/h1-6H2,(H,9,12). The Morgan fingerprint density at radius 3 is 2.58 bits per heavy atom. The molecule has 0 aromatic carbocycles. The van der Waals surface area contributed by atoms with Crippen LogP contribution in [0.4, 0.5) is 4.79 Å². The number of rotatable bonds is 1. The van der Waals surface area contributed by atoms with Crippen molar-refractivity contribution in [3.05, 3.63) is 0 Å². The number of carbonyl (C=O) groups excluding carboxylic acids is 1. The summed E-state index contributed by atoms with van der Waals surface area (Å²) < 4.78 is 0. The zero-order chi connectivity index (χ0) is 8.39. The van der Waals surface area contributed by atoms with Crippen molar-refractivity contribution in [1.82, 2.24) is 20.7 Å². The van der Waals surface area contributed by atoms with Crippen molar-refractivity contribution in [2.45, 2.75) is 0 Å². The number of urea groups is 1. The van der Waals surface area contributed by atoms with Gasteiger partial charge in [0, 0.05) is 32.7 Å². The van der Waals surface area contributed by atoms with E-state index in [0.29, 0.717) is 0 Å². The molecule has 2 rings (SSSR count). The molecule has 0 atom stereocenters. The number of nitrogens with one attached hydrogen (secondary N) is 1. The van der Waals surface area contributed by atoms with Crippen molar-refractivity contribution < 1.29 is 4.79 Å². The maximum Gasteiger partial charge on any atom is 0.332 e. The summed E-state index contributed by atoms with van der Waals surface area (Å²) >= 11 is 0. The zero-order valence-electron chi connectivity index (χ0n) is 6.99. The fourth-order valence-electron chi connectivity index (χ4n) is 1.57. The molecule has 2 aliphatic heterocycles. The lowest BCUT2D eigenvalue weighted by molar-refractivity contribution is 0.0207. The van der Waals surface area contributed by atoms with Gasteiger partial charge in [-0.3, -0.25) is 5.01 Å². The van der Waals surface area contributed by atoms with Gasteiger partial charge < -0.3 is 5.32 Å². The quantitative estimate of drug-likeness (QED) is 0.538. The molecule has 12 heavy (non-hydrogen) atoms. The Balaban J connectivity index is 1.93. The Morgan fingerprint density at radius 1 is 1.25 bits per heavy atom. The van der Waals surface area contributed by atoms with Crippen LogP contribution in [0.3, 0.4) is 0 Å². The lowest BCUT2D eigenvalue weighted by atomic mass is 10.4. The average molecular weight is 169 g/mol. The number of piperazine rings is 1. The summed E-state index contributed by atoms with van der Waals surface area (Å²) in [5.41, 5.74) is 0. The van der Waals surface area contributed by atoms with E-state index in [1.807, 2.05) is 0 Å². The Labute approximate surface area is 71.7 Å². The molecule has 2 aliphatic rings. The van der Waals surface area contributed by atoms with Gasteiger partial charge in [0.15, 0.2) is 0 Å². The molecule has 0 spiro atoms. The molecule has 2 amide bonds. The highest BCUT2D eigenvalue weighted by Gasteiger charge is 2.26. The predicted molar refractivity (Wildman–Crippen MR) is 43.5 cm³/mol. The fourth-order valence-corrected chi connectivity index (χ4v) is 1.57. The Bertz CT molecular complexity index is 178. The monoisotopic (exact) mass is 169 g/mol. The third kappa shape index (κ3) is 1.37. The second kappa shape index (κ2) is 3.28. The molecular weight excluding hydrogens is 156 g/mol. The molecule has 2 heterocycles. The van der Waals surface area contributed by atoms with Crippen molar-refractivity contribution in [2.75, 3.05) is 39.3 Å². The summed E-state index contributed by atoms with van der Waals surface area (Å²) in [6, 6.07) is 0.0388. The lowest BCUT2D eigenvalue weighted by Crippen LogP contribution is -2.51. The highest BCUT2D eigenvalue weighted by molar-refractivity contribution is 5.75. The topological polar surface area (TPSA) is 49.7 Å². The van der Waals surface area contributed by atoms with E-state index >= 15 is 0 Å². The van der Waals surface area contributed by atoms with Crippen LogP contribution in [0.25, 0.3) is 0 Å². The first kappa shape index (κ1) is 7.82. The molecule has 5 nitrogen and oxygen atoms in total. The van der Waals surface area contributed by atoms with E-state index in [9.17, 15) is 4.79 Å². The maximum atomic E-state index is 11.2. The molecule has 0 aromatic rings. The van der Waals surface area contributed by atoms with E-state index in [1.165, 1.54) is 0 Å². The first-order valence-electron chi connectivity index (χ1n) is 4.31. The first-order valence-corrected chi connectivity index (χ1v) is 4.31. The lowest BCUT2D eigenvalue weighted by Gasteiger charge is -2.33. The molecule has 67 valence electrons. The van der Waals surface area contributed by atoms with Crippen molar-refractivity contribution in [1.29, 1.82) is 0 Å². The second-order valence-corrected chi connectivity index (χ2v) is 2.98. The maximum absolute atomic E-state index is 11.2. The second-order valence-electron chi connectivity index (χ2n) is 2.98. The van der Waals surface area contributed by atoms with Crippen LogP contribution in [-0.2, 0) is 0 Å². The summed E-state index contributed by atoms with van der Waals surface area (Å²) in [6.07, 6.45) is 0. The van der Waals surface area contributed by atoms with Crippen LogP contribution in [-0.4, -0.2) is 55.3 Å². The van der Waals surface area contributed by atoms with E-state index < -0.39 is 0 Å². The minimum Gasteiger partial charge on any atom is -0.335 e. The summed E-state index contributed by atoms with van der Waals surface area (Å²) in [6.45, 7) is 5.04. The van der Waals surface area contributed by atoms with Crippen LogP contribution < -0.4 is 10.6 Å². The minimum absolute atomic E-state index is 0.0388. The molecule has 2 fully saturated rings. The van der Waals surface area contributed by atoms with Crippen molar-refractivity contribution in [3.8, 4) is 0 Å². The number of hydrazine groups is 1. The van der Waals surface area contributed by atoms with Gasteiger partial charge in [-0.2, -0.15) is 0 Å². The third-order valence-corrected chi connectivity index (χ3v) is 2.21. The molecule has 1 radical (unpaired) electrons. The molecule has 0 saturated carbocycles. The van der Waals surface area contributed by atoms with Crippen LogP contribution in [0, 0.1) is 0 Å². The van der Waals surface area contributed by atoms with Gasteiger partial charge in [0.05, 0.1) is 6.54 Å². The third-order valence-electron chi connectivity index (χ3n) is 2.21. The van der Waals surface area contributed by atoms with Gasteiger partial charge in [0.25, 0.3) is 0 Å². The van der Waals surface area contributed by atoms with Crippen LogP contribution in [0.1, 0.15) is 0 Å². The zero-order valence-corrected chi connectivity index (χ0v) is 6.99. The van der Waals surface area contributed by atoms with Gasteiger partial charge in [-0.25, -0.2) is 15.1 Å². The summed E-state index contributed by atoms with van der Waals surface area (Å²) in [7, 11) is 0. The number of amides is 2. The van der Waals surface area contributed by atoms with Gasteiger partial charge in [0.1, 0.15) is 0 Å². The summed E-state index contributed by atoms with van der Waals surface area (Å²) in [4.78, 5) is 11.2. The van der Waals surface area contributed by atoms with E-state index in [-0.39, 0.29) is 6.03 Å². The predicted octanol–water partition coefficient (Wildman–Crippen LogP) is -1.15. The molecule has 0 unspecified atom stereocenters. The molecule has 1 N–H and O–H groups in total. The van der Waals surface area contributed by atoms with Gasteiger partial charge in [-0.1, -0.05) is 0 Å². The Hall–Kier alpha value is -0.810. The van der Waals surface area contributed by atoms with E-state index in [1.54, 1.807) is 5.01 Å². The molecule has 0 bridgehead atoms. The van der Waals surface area contributed by atoms with E-state index in [0.717, 1.165) is 39.3 Å². The van der Waals surface area contributed by atoms with Gasteiger partial charge in [-0.05, 0) is 0 Å². The van der Waals surface area contributed by atoms with Crippen LogP contribution in [0.5, 0.6) is 0 Å². The number of hydrogen-bond acceptors (Lipinski definition) is 2. The van der Waals surface area contributed by atoms with Crippen molar-refractivity contribution >= 4 is 6.03 Å². The summed E-state index contributed by atoms with van der Waals surface area (Å²) in [5.74, 6) is 0.